The summed E-state index contributed by atoms with van der Waals surface area (Å²) in [7, 11) is 0. The molecule has 1 saturated heterocycles. The first kappa shape index (κ1) is 14.0. The maximum absolute atomic E-state index is 5.76. The van der Waals surface area contributed by atoms with Gasteiger partial charge < -0.3 is 16.4 Å². The van der Waals surface area contributed by atoms with Crippen molar-refractivity contribution >= 4 is 23.0 Å². The summed E-state index contributed by atoms with van der Waals surface area (Å²) < 4.78 is 1.82. The highest BCUT2D eigenvalue weighted by molar-refractivity contribution is 5.73. The second-order valence-corrected chi connectivity index (χ2v) is 5.83. The molecule has 0 saturated carbocycles. The summed E-state index contributed by atoms with van der Waals surface area (Å²) in [6.07, 6.45) is 6.01. The molecule has 3 aromatic rings. The number of nitrogens with one attached hydrogen (secondary N) is 2. The van der Waals surface area contributed by atoms with Crippen LogP contribution in [0.15, 0.2) is 36.8 Å². The molecule has 0 aliphatic carbocycles. The van der Waals surface area contributed by atoms with E-state index < -0.39 is 0 Å². The minimum atomic E-state index is 0.486. The smallest absolute Gasteiger partial charge is 0.178 e. The minimum Gasteiger partial charge on any atom is -0.384 e. The van der Waals surface area contributed by atoms with E-state index >= 15 is 0 Å². The highest BCUT2D eigenvalue weighted by Gasteiger charge is 2.18. The van der Waals surface area contributed by atoms with Crippen LogP contribution >= 0.6 is 0 Å². The number of hydrogen-bond donors (Lipinski definition) is 3. The highest BCUT2D eigenvalue weighted by Crippen LogP contribution is 2.28. The molecule has 1 aliphatic heterocycles. The molecule has 0 bridgehead atoms. The monoisotopic (exact) mass is 309 g/mol. The van der Waals surface area contributed by atoms with Gasteiger partial charge in [-0.25, -0.2) is 14.5 Å². The maximum atomic E-state index is 5.76. The Bertz CT molecular complexity index is 820. The minimum absolute atomic E-state index is 0.486. The van der Waals surface area contributed by atoms with E-state index in [2.05, 4.69) is 38.0 Å². The van der Waals surface area contributed by atoms with Crippen LogP contribution < -0.4 is 16.4 Å². The van der Waals surface area contributed by atoms with Crippen LogP contribution in [0.4, 0.5) is 17.3 Å². The van der Waals surface area contributed by atoms with Crippen molar-refractivity contribution in [2.75, 3.05) is 24.1 Å². The van der Waals surface area contributed by atoms with Gasteiger partial charge in [0.2, 0.25) is 0 Å². The van der Waals surface area contributed by atoms with Crippen molar-refractivity contribution in [2.45, 2.75) is 18.8 Å². The number of nitrogen functional groups attached to an aromatic ring is 1. The first-order valence-corrected chi connectivity index (χ1v) is 7.83. The molecule has 4 rings (SSSR count). The zero-order valence-electron chi connectivity index (χ0n) is 12.7. The van der Waals surface area contributed by atoms with Gasteiger partial charge in [-0.2, -0.15) is 5.10 Å². The number of anilines is 3. The lowest BCUT2D eigenvalue weighted by molar-refractivity contribution is 0.460. The highest BCUT2D eigenvalue weighted by atomic mass is 15.3. The third-order valence-corrected chi connectivity index (χ3v) is 4.20. The van der Waals surface area contributed by atoms with E-state index in [0.29, 0.717) is 17.6 Å². The second kappa shape index (κ2) is 5.85. The molecule has 4 heterocycles. The van der Waals surface area contributed by atoms with Crippen molar-refractivity contribution in [3.05, 3.63) is 42.4 Å². The molecule has 1 unspecified atom stereocenters. The summed E-state index contributed by atoms with van der Waals surface area (Å²) in [6.45, 7) is 2.09. The van der Waals surface area contributed by atoms with E-state index in [4.69, 9.17) is 5.73 Å². The fourth-order valence-corrected chi connectivity index (χ4v) is 3.06. The van der Waals surface area contributed by atoms with Gasteiger partial charge in [0.15, 0.2) is 5.65 Å². The summed E-state index contributed by atoms with van der Waals surface area (Å²) in [5, 5.41) is 11.1. The third kappa shape index (κ3) is 2.83. The molecule has 7 nitrogen and oxygen atoms in total. The Kier molecular flexibility index (Phi) is 3.55. The third-order valence-electron chi connectivity index (χ3n) is 4.20. The van der Waals surface area contributed by atoms with Crippen LogP contribution in [0.5, 0.6) is 0 Å². The summed E-state index contributed by atoms with van der Waals surface area (Å²) in [5.41, 5.74) is 8.68. The predicted molar refractivity (Wildman–Crippen MR) is 89.8 cm³/mol. The predicted octanol–water partition coefficient (Wildman–Crippen LogP) is 1.92. The molecule has 1 fully saturated rings. The van der Waals surface area contributed by atoms with Crippen LogP contribution in [-0.4, -0.2) is 32.7 Å². The summed E-state index contributed by atoms with van der Waals surface area (Å²) in [5.74, 6) is 1.68. The SMILES string of the molecule is Nc1cccc(Nc2cc(C3CCCNC3)cn3ncnc23)n1. The molecule has 0 spiro atoms. The van der Waals surface area contributed by atoms with E-state index in [9.17, 15) is 0 Å². The van der Waals surface area contributed by atoms with Crippen molar-refractivity contribution < 1.29 is 0 Å². The molecule has 118 valence electrons. The fourth-order valence-electron chi connectivity index (χ4n) is 3.06. The number of piperidine rings is 1. The van der Waals surface area contributed by atoms with E-state index in [1.165, 1.54) is 18.4 Å². The van der Waals surface area contributed by atoms with Gasteiger partial charge >= 0.3 is 0 Å². The molecular formula is C16H19N7. The Morgan fingerprint density at radius 3 is 3.13 bits per heavy atom. The van der Waals surface area contributed by atoms with Gasteiger partial charge in [-0.3, -0.25) is 0 Å². The summed E-state index contributed by atoms with van der Waals surface area (Å²) in [4.78, 5) is 8.64. The zero-order chi connectivity index (χ0) is 15.6. The Balaban J connectivity index is 1.73. The zero-order valence-corrected chi connectivity index (χ0v) is 12.7. The van der Waals surface area contributed by atoms with Crippen LogP contribution in [0.1, 0.15) is 24.3 Å². The van der Waals surface area contributed by atoms with Gasteiger partial charge in [-0.15, -0.1) is 0 Å². The van der Waals surface area contributed by atoms with Gasteiger partial charge in [0.1, 0.15) is 18.0 Å². The molecule has 1 atom stereocenters. The van der Waals surface area contributed by atoms with Crippen LogP contribution in [0.2, 0.25) is 0 Å². The van der Waals surface area contributed by atoms with Crippen molar-refractivity contribution in [2.24, 2.45) is 0 Å². The van der Waals surface area contributed by atoms with Crippen LogP contribution in [-0.2, 0) is 0 Å². The van der Waals surface area contributed by atoms with Gasteiger partial charge in [0.25, 0.3) is 0 Å². The van der Waals surface area contributed by atoms with Crippen LogP contribution in [0.3, 0.4) is 0 Å². The van der Waals surface area contributed by atoms with Gasteiger partial charge in [-0.05, 0) is 49.1 Å². The van der Waals surface area contributed by atoms with Crippen LogP contribution in [0.25, 0.3) is 5.65 Å². The lowest BCUT2D eigenvalue weighted by Gasteiger charge is -2.23. The molecule has 1 aliphatic rings. The fraction of sp³-hybridized carbons (Fsp3) is 0.312. The topological polar surface area (TPSA) is 93.2 Å². The van der Waals surface area contributed by atoms with Crippen LogP contribution in [0, 0.1) is 0 Å². The van der Waals surface area contributed by atoms with E-state index in [0.717, 1.165) is 24.4 Å². The molecule has 0 radical (unpaired) electrons. The number of rotatable bonds is 3. The number of aromatic nitrogens is 4. The lowest BCUT2D eigenvalue weighted by atomic mass is 9.92. The van der Waals surface area contributed by atoms with Crippen molar-refractivity contribution in [1.82, 2.24) is 24.9 Å². The molecule has 23 heavy (non-hydrogen) atoms. The van der Waals surface area contributed by atoms with Gasteiger partial charge in [0, 0.05) is 12.7 Å². The molecular weight excluding hydrogens is 290 g/mol. The second-order valence-electron chi connectivity index (χ2n) is 5.83. The van der Waals surface area contributed by atoms with Crippen molar-refractivity contribution in [3.8, 4) is 0 Å². The standard InChI is InChI=1S/C16H19N7/c17-14-4-1-5-15(22-14)21-13-7-12(11-3-2-6-18-8-11)9-23-16(13)19-10-20-23/h1,4-5,7,9-11,18H,2-3,6,8H2,(H3,17,21,22). The normalized spacial score (nSPS) is 18.2. The first-order valence-electron chi connectivity index (χ1n) is 7.83. The maximum Gasteiger partial charge on any atom is 0.178 e. The molecule has 0 amide bonds. The molecule has 3 aromatic heterocycles. The first-order chi connectivity index (χ1) is 11.3. The quantitative estimate of drug-likeness (QED) is 0.684. The average Bonchev–Trinajstić information content (AvgIpc) is 3.04. The summed E-state index contributed by atoms with van der Waals surface area (Å²) >= 11 is 0. The summed E-state index contributed by atoms with van der Waals surface area (Å²) in [6, 6.07) is 7.67. The molecule has 0 aromatic carbocycles. The Hall–Kier alpha value is -2.67. The molecule has 7 heteroatoms. The average molecular weight is 309 g/mol. The van der Waals surface area contributed by atoms with Gasteiger partial charge in [-0.1, -0.05) is 6.07 Å². The Morgan fingerprint density at radius 1 is 1.35 bits per heavy atom. The van der Waals surface area contributed by atoms with Crippen molar-refractivity contribution in [3.63, 3.8) is 0 Å². The van der Waals surface area contributed by atoms with Crippen molar-refractivity contribution in [1.29, 1.82) is 0 Å². The van der Waals surface area contributed by atoms with E-state index in [1.807, 2.05) is 16.6 Å². The molecule has 4 N–H and O–H groups in total. The number of hydrogen-bond acceptors (Lipinski definition) is 6. The van der Waals surface area contributed by atoms with E-state index in [1.54, 1.807) is 12.4 Å². The largest absolute Gasteiger partial charge is 0.384 e. The lowest BCUT2D eigenvalue weighted by Crippen LogP contribution is -2.28. The Morgan fingerprint density at radius 2 is 2.30 bits per heavy atom. The van der Waals surface area contributed by atoms with E-state index in [-0.39, 0.29) is 0 Å². The Labute approximate surface area is 133 Å². The van der Waals surface area contributed by atoms with Gasteiger partial charge in [0.05, 0.1) is 5.69 Å². The number of pyridine rings is 2. The number of nitrogens with two attached hydrogens (primary N) is 1. The number of fused-ring (bicyclic) bond motifs is 1. The number of nitrogens with zero attached hydrogens (tertiary/aromatic N) is 4.